The summed E-state index contributed by atoms with van der Waals surface area (Å²) in [6.07, 6.45) is 6.71. The number of halogens is 1. The SMILES string of the molecule is CS(=O)(=O)c1ccc(CN[C@H]2CC[C@@H](Oc3cc4cc[nH]c(=O)c4cc3Cl)CC2)cc1. The third kappa shape index (κ3) is 5.29. The molecule has 0 spiro atoms. The van der Waals surface area contributed by atoms with Gasteiger partial charge < -0.3 is 15.0 Å². The molecule has 1 saturated carbocycles. The Labute approximate surface area is 186 Å². The molecule has 3 aromatic rings. The van der Waals surface area contributed by atoms with Crippen molar-refractivity contribution in [3.8, 4) is 5.75 Å². The molecule has 2 aromatic carbocycles. The van der Waals surface area contributed by atoms with Gasteiger partial charge in [-0.15, -0.1) is 0 Å². The zero-order valence-electron chi connectivity index (χ0n) is 17.2. The van der Waals surface area contributed by atoms with Gasteiger partial charge in [0.2, 0.25) is 0 Å². The van der Waals surface area contributed by atoms with Crippen molar-refractivity contribution in [2.75, 3.05) is 6.26 Å². The van der Waals surface area contributed by atoms with Gasteiger partial charge in [0, 0.05) is 30.4 Å². The molecule has 1 aliphatic carbocycles. The fourth-order valence-corrected chi connectivity index (χ4v) is 4.80. The second-order valence-electron chi connectivity index (χ2n) is 8.07. The van der Waals surface area contributed by atoms with Crippen molar-refractivity contribution in [3.63, 3.8) is 0 Å². The number of nitrogens with one attached hydrogen (secondary N) is 2. The van der Waals surface area contributed by atoms with Gasteiger partial charge in [-0.3, -0.25) is 4.79 Å². The lowest BCUT2D eigenvalue weighted by atomic mass is 9.92. The number of H-pyrrole nitrogens is 1. The van der Waals surface area contributed by atoms with Gasteiger partial charge in [0.25, 0.3) is 5.56 Å². The van der Waals surface area contributed by atoms with Gasteiger partial charge in [-0.25, -0.2) is 8.42 Å². The van der Waals surface area contributed by atoms with Crippen molar-refractivity contribution in [2.24, 2.45) is 0 Å². The minimum atomic E-state index is -3.17. The number of ether oxygens (including phenoxy) is 1. The number of fused-ring (bicyclic) bond motifs is 1. The number of hydrogen-bond donors (Lipinski definition) is 2. The third-order valence-electron chi connectivity index (χ3n) is 5.74. The number of pyridine rings is 1. The van der Waals surface area contributed by atoms with E-state index in [2.05, 4.69) is 10.3 Å². The van der Waals surface area contributed by atoms with E-state index in [1.54, 1.807) is 24.4 Å². The molecule has 0 saturated heterocycles. The van der Waals surface area contributed by atoms with Crippen LogP contribution in [0.15, 0.2) is 58.4 Å². The lowest BCUT2D eigenvalue weighted by Gasteiger charge is -2.30. The molecule has 0 atom stereocenters. The fourth-order valence-electron chi connectivity index (χ4n) is 3.96. The summed E-state index contributed by atoms with van der Waals surface area (Å²) < 4.78 is 29.3. The van der Waals surface area contributed by atoms with Crippen LogP contribution in [-0.2, 0) is 16.4 Å². The summed E-state index contributed by atoms with van der Waals surface area (Å²) in [6, 6.07) is 12.7. The predicted octanol–water partition coefficient (Wildman–Crippen LogP) is 4.06. The molecule has 1 aliphatic rings. The highest BCUT2D eigenvalue weighted by atomic mass is 35.5. The lowest BCUT2D eigenvalue weighted by Crippen LogP contribution is -2.36. The molecular formula is C23H25ClN2O4S. The van der Waals surface area contributed by atoms with E-state index >= 15 is 0 Å². The molecule has 0 amide bonds. The number of rotatable bonds is 6. The third-order valence-corrected chi connectivity index (χ3v) is 7.16. The van der Waals surface area contributed by atoms with Crippen LogP contribution >= 0.6 is 11.6 Å². The highest BCUT2D eigenvalue weighted by Crippen LogP contribution is 2.32. The van der Waals surface area contributed by atoms with Crippen LogP contribution in [0.4, 0.5) is 0 Å². The van der Waals surface area contributed by atoms with Gasteiger partial charge in [-0.1, -0.05) is 23.7 Å². The molecule has 2 N–H and O–H groups in total. The van der Waals surface area contributed by atoms with E-state index in [1.807, 2.05) is 24.3 Å². The van der Waals surface area contributed by atoms with Crippen LogP contribution in [0.5, 0.6) is 5.75 Å². The minimum Gasteiger partial charge on any atom is -0.489 e. The van der Waals surface area contributed by atoms with E-state index in [-0.39, 0.29) is 11.7 Å². The van der Waals surface area contributed by atoms with E-state index in [9.17, 15) is 13.2 Å². The average Bonchev–Trinajstić information content (AvgIpc) is 2.74. The van der Waals surface area contributed by atoms with Crippen LogP contribution in [-0.4, -0.2) is 31.8 Å². The Hall–Kier alpha value is -2.35. The number of sulfone groups is 1. The van der Waals surface area contributed by atoms with Gasteiger partial charge in [0.15, 0.2) is 9.84 Å². The standard InChI is InChI=1S/C23H25ClN2O4S/c1-31(28,29)19-8-2-15(3-9-19)14-26-17-4-6-18(7-5-17)30-22-12-16-10-11-25-23(27)20(16)13-21(22)24/h2-3,8-13,17-18,26H,4-7,14H2,1H3,(H,25,27)/t17-,18+. The van der Waals surface area contributed by atoms with E-state index in [0.29, 0.717) is 33.6 Å². The maximum atomic E-state index is 11.9. The van der Waals surface area contributed by atoms with Crippen molar-refractivity contribution in [3.05, 3.63) is 69.6 Å². The maximum absolute atomic E-state index is 11.9. The molecule has 31 heavy (non-hydrogen) atoms. The van der Waals surface area contributed by atoms with Gasteiger partial charge in [0.1, 0.15) is 5.75 Å². The average molecular weight is 461 g/mol. The maximum Gasteiger partial charge on any atom is 0.255 e. The molecule has 0 bridgehead atoms. The second-order valence-corrected chi connectivity index (χ2v) is 10.5. The first-order chi connectivity index (χ1) is 14.8. The zero-order chi connectivity index (χ0) is 22.0. The molecule has 0 unspecified atom stereocenters. The first-order valence-electron chi connectivity index (χ1n) is 10.3. The topological polar surface area (TPSA) is 88.3 Å². The van der Waals surface area contributed by atoms with Crippen LogP contribution in [0.2, 0.25) is 5.02 Å². The highest BCUT2D eigenvalue weighted by molar-refractivity contribution is 7.90. The second kappa shape index (κ2) is 9.02. The summed E-state index contributed by atoms with van der Waals surface area (Å²) in [4.78, 5) is 14.9. The van der Waals surface area contributed by atoms with Crippen molar-refractivity contribution >= 4 is 32.2 Å². The van der Waals surface area contributed by atoms with E-state index < -0.39 is 9.84 Å². The van der Waals surface area contributed by atoms with E-state index in [0.717, 1.165) is 36.6 Å². The number of aromatic nitrogens is 1. The van der Waals surface area contributed by atoms with Gasteiger partial charge in [0.05, 0.1) is 16.0 Å². The van der Waals surface area contributed by atoms with Crippen LogP contribution < -0.4 is 15.6 Å². The van der Waals surface area contributed by atoms with Crippen molar-refractivity contribution < 1.29 is 13.2 Å². The van der Waals surface area contributed by atoms with Crippen molar-refractivity contribution in [1.29, 1.82) is 0 Å². The number of aromatic amines is 1. The van der Waals surface area contributed by atoms with E-state index in [4.69, 9.17) is 16.3 Å². The van der Waals surface area contributed by atoms with Crippen LogP contribution in [0.1, 0.15) is 31.2 Å². The minimum absolute atomic E-state index is 0.0871. The molecule has 6 nitrogen and oxygen atoms in total. The summed E-state index contributed by atoms with van der Waals surface area (Å²) >= 11 is 6.35. The Morgan fingerprint density at radius 1 is 1.10 bits per heavy atom. The summed E-state index contributed by atoms with van der Waals surface area (Å²) in [6.45, 7) is 0.700. The fraction of sp³-hybridized carbons (Fsp3) is 0.348. The van der Waals surface area contributed by atoms with Gasteiger partial charge >= 0.3 is 0 Å². The van der Waals surface area contributed by atoms with Crippen LogP contribution in [0.25, 0.3) is 10.8 Å². The molecule has 8 heteroatoms. The molecule has 0 aliphatic heterocycles. The van der Waals surface area contributed by atoms with E-state index in [1.165, 1.54) is 6.26 Å². The Bertz CT molecular complexity index is 1230. The van der Waals surface area contributed by atoms with Gasteiger partial charge in [-0.05, 0) is 67.0 Å². The Balaban J connectivity index is 1.30. The monoisotopic (exact) mass is 460 g/mol. The molecule has 1 heterocycles. The van der Waals surface area contributed by atoms with Crippen molar-refractivity contribution in [1.82, 2.24) is 10.3 Å². The number of hydrogen-bond acceptors (Lipinski definition) is 5. The Morgan fingerprint density at radius 3 is 2.48 bits per heavy atom. The summed E-state index contributed by atoms with van der Waals surface area (Å²) in [5, 5.41) is 5.36. The molecule has 0 radical (unpaired) electrons. The highest BCUT2D eigenvalue weighted by Gasteiger charge is 2.23. The van der Waals surface area contributed by atoms with Crippen molar-refractivity contribution in [2.45, 2.75) is 49.3 Å². The summed E-state index contributed by atoms with van der Waals surface area (Å²) in [7, 11) is -3.17. The predicted molar refractivity (Wildman–Crippen MR) is 123 cm³/mol. The molecule has 1 aromatic heterocycles. The molecule has 164 valence electrons. The quantitative estimate of drug-likeness (QED) is 0.579. The number of benzene rings is 2. The Kier molecular flexibility index (Phi) is 6.36. The van der Waals surface area contributed by atoms with Crippen LogP contribution in [0.3, 0.4) is 0 Å². The summed E-state index contributed by atoms with van der Waals surface area (Å²) in [5.74, 6) is 0.613. The normalized spacial score (nSPS) is 19.4. The summed E-state index contributed by atoms with van der Waals surface area (Å²) in [5.41, 5.74) is 0.896. The first kappa shape index (κ1) is 21.9. The molecule has 1 fully saturated rings. The van der Waals surface area contributed by atoms with Crippen LogP contribution in [0, 0.1) is 0 Å². The lowest BCUT2D eigenvalue weighted by molar-refractivity contribution is 0.139. The first-order valence-corrected chi connectivity index (χ1v) is 12.6. The smallest absolute Gasteiger partial charge is 0.255 e. The largest absolute Gasteiger partial charge is 0.489 e. The van der Waals surface area contributed by atoms with Gasteiger partial charge in [-0.2, -0.15) is 0 Å². The Morgan fingerprint density at radius 2 is 1.81 bits per heavy atom. The zero-order valence-corrected chi connectivity index (χ0v) is 18.8. The molecule has 4 rings (SSSR count). The molecular weight excluding hydrogens is 436 g/mol.